The van der Waals surface area contributed by atoms with Gasteiger partial charge in [0.15, 0.2) is 0 Å². The summed E-state index contributed by atoms with van der Waals surface area (Å²) >= 11 is 0. The number of para-hydroxylation sites is 1. The van der Waals surface area contributed by atoms with Crippen LogP contribution in [0.3, 0.4) is 0 Å². The van der Waals surface area contributed by atoms with E-state index < -0.39 is 6.10 Å². The molecule has 0 bridgehead atoms. The van der Waals surface area contributed by atoms with E-state index in [1.807, 2.05) is 43.3 Å². The third-order valence-electron chi connectivity index (χ3n) is 2.76. The van der Waals surface area contributed by atoms with Crippen molar-refractivity contribution in [2.45, 2.75) is 13.0 Å². The van der Waals surface area contributed by atoms with Crippen molar-refractivity contribution in [3.63, 3.8) is 0 Å². The lowest BCUT2D eigenvalue weighted by atomic mass is 10.3. The Morgan fingerprint density at radius 3 is 2.62 bits per heavy atom. The first-order valence-corrected chi connectivity index (χ1v) is 6.96. The number of benzene rings is 1. The molecular weight excluding hydrogens is 268 g/mol. The molecule has 0 amide bonds. The van der Waals surface area contributed by atoms with E-state index in [0.29, 0.717) is 19.0 Å². The second-order valence-corrected chi connectivity index (χ2v) is 4.48. The lowest BCUT2D eigenvalue weighted by Crippen LogP contribution is -2.26. The second-order valence-electron chi connectivity index (χ2n) is 4.48. The summed E-state index contributed by atoms with van der Waals surface area (Å²) in [6.07, 6.45) is 1.08. The summed E-state index contributed by atoms with van der Waals surface area (Å²) in [4.78, 5) is 4.14. The highest BCUT2D eigenvalue weighted by Crippen LogP contribution is 2.12. The van der Waals surface area contributed by atoms with Gasteiger partial charge in [0, 0.05) is 12.6 Å². The summed E-state index contributed by atoms with van der Waals surface area (Å²) < 4.78 is 10.7. The van der Waals surface area contributed by atoms with Crippen molar-refractivity contribution in [1.29, 1.82) is 0 Å². The third kappa shape index (κ3) is 5.31. The van der Waals surface area contributed by atoms with Crippen LogP contribution in [0.25, 0.3) is 0 Å². The molecule has 1 heterocycles. The van der Waals surface area contributed by atoms with E-state index in [0.717, 1.165) is 11.4 Å². The Balaban J connectivity index is 1.72. The second kappa shape index (κ2) is 8.11. The highest BCUT2D eigenvalue weighted by molar-refractivity contribution is 5.42. The number of pyridine rings is 1. The fourth-order valence-electron chi connectivity index (χ4n) is 1.72. The van der Waals surface area contributed by atoms with E-state index in [1.165, 1.54) is 0 Å². The predicted octanol–water partition coefficient (Wildman–Crippen LogP) is 2.33. The van der Waals surface area contributed by atoms with Gasteiger partial charge >= 0.3 is 0 Å². The lowest BCUT2D eigenvalue weighted by molar-refractivity contribution is 0.117. The molecule has 112 valence electrons. The Hall–Kier alpha value is -2.27. The van der Waals surface area contributed by atoms with E-state index >= 15 is 0 Å². The first-order chi connectivity index (χ1) is 10.3. The summed E-state index contributed by atoms with van der Waals surface area (Å²) in [5.74, 6) is 1.34. The predicted molar refractivity (Wildman–Crippen MR) is 81.8 cm³/mol. The van der Waals surface area contributed by atoms with E-state index in [4.69, 9.17) is 9.47 Å². The Morgan fingerprint density at radius 2 is 1.95 bits per heavy atom. The average Bonchev–Trinajstić information content (AvgIpc) is 2.53. The van der Waals surface area contributed by atoms with Gasteiger partial charge in [-0.1, -0.05) is 18.2 Å². The van der Waals surface area contributed by atoms with Crippen molar-refractivity contribution in [3.8, 4) is 11.6 Å². The van der Waals surface area contributed by atoms with Gasteiger partial charge in [-0.3, -0.25) is 0 Å². The summed E-state index contributed by atoms with van der Waals surface area (Å²) in [6.45, 7) is 3.14. The minimum Gasteiger partial charge on any atom is -0.491 e. The Labute approximate surface area is 124 Å². The van der Waals surface area contributed by atoms with Crippen molar-refractivity contribution in [2.24, 2.45) is 0 Å². The van der Waals surface area contributed by atoms with Crippen LogP contribution in [0.15, 0.2) is 48.7 Å². The molecule has 1 atom stereocenters. The standard InChI is InChI=1S/C16H20N2O3/c1-2-20-16-9-8-13(10-18-16)17-11-14(19)12-21-15-6-4-3-5-7-15/h3-10,14,17,19H,2,11-12H2,1H3. The number of rotatable bonds is 8. The van der Waals surface area contributed by atoms with Crippen LogP contribution in [-0.2, 0) is 0 Å². The molecule has 2 rings (SSSR count). The summed E-state index contributed by atoms with van der Waals surface area (Å²) in [5, 5.41) is 13.0. The molecule has 0 saturated heterocycles. The zero-order valence-corrected chi connectivity index (χ0v) is 12.0. The molecule has 0 aliphatic rings. The fraction of sp³-hybridized carbons (Fsp3) is 0.312. The summed E-state index contributed by atoms with van der Waals surface area (Å²) in [7, 11) is 0. The topological polar surface area (TPSA) is 63.6 Å². The minimum atomic E-state index is -0.600. The largest absolute Gasteiger partial charge is 0.491 e. The molecule has 0 aliphatic carbocycles. The molecule has 0 aliphatic heterocycles. The first kappa shape index (κ1) is 15.1. The zero-order valence-electron chi connectivity index (χ0n) is 12.0. The SMILES string of the molecule is CCOc1ccc(NCC(O)COc2ccccc2)cn1. The highest BCUT2D eigenvalue weighted by Gasteiger charge is 2.05. The number of hydrogen-bond donors (Lipinski definition) is 2. The molecule has 2 N–H and O–H groups in total. The van der Waals surface area contributed by atoms with E-state index in [-0.39, 0.29) is 6.61 Å². The van der Waals surface area contributed by atoms with Gasteiger partial charge in [0.05, 0.1) is 18.5 Å². The number of anilines is 1. The number of nitrogens with zero attached hydrogens (tertiary/aromatic N) is 1. The first-order valence-electron chi connectivity index (χ1n) is 6.96. The summed E-state index contributed by atoms with van der Waals surface area (Å²) in [6, 6.07) is 13.1. The van der Waals surface area contributed by atoms with Gasteiger partial charge in [-0.15, -0.1) is 0 Å². The van der Waals surface area contributed by atoms with Crippen molar-refractivity contribution in [3.05, 3.63) is 48.7 Å². The number of ether oxygens (including phenoxy) is 2. The van der Waals surface area contributed by atoms with Crippen LogP contribution in [0.2, 0.25) is 0 Å². The number of aromatic nitrogens is 1. The summed E-state index contributed by atoms with van der Waals surface area (Å²) in [5.41, 5.74) is 0.831. The number of nitrogens with one attached hydrogen (secondary N) is 1. The zero-order chi connectivity index (χ0) is 14.9. The van der Waals surface area contributed by atoms with Crippen LogP contribution in [0.1, 0.15) is 6.92 Å². The monoisotopic (exact) mass is 288 g/mol. The van der Waals surface area contributed by atoms with Gasteiger partial charge in [-0.25, -0.2) is 4.98 Å². The van der Waals surface area contributed by atoms with Crippen molar-refractivity contribution in [1.82, 2.24) is 4.98 Å². The van der Waals surface area contributed by atoms with Crippen LogP contribution < -0.4 is 14.8 Å². The Morgan fingerprint density at radius 1 is 1.14 bits per heavy atom. The molecule has 21 heavy (non-hydrogen) atoms. The minimum absolute atomic E-state index is 0.238. The molecule has 5 nitrogen and oxygen atoms in total. The van der Waals surface area contributed by atoms with Crippen LogP contribution in [0, 0.1) is 0 Å². The number of aliphatic hydroxyl groups excluding tert-OH is 1. The molecular formula is C16H20N2O3. The van der Waals surface area contributed by atoms with Gasteiger partial charge in [-0.2, -0.15) is 0 Å². The van der Waals surface area contributed by atoms with Gasteiger partial charge in [-0.05, 0) is 25.1 Å². The Bertz CT molecular complexity index is 517. The van der Waals surface area contributed by atoms with Crippen molar-refractivity contribution >= 4 is 5.69 Å². The maximum absolute atomic E-state index is 9.88. The van der Waals surface area contributed by atoms with Gasteiger partial charge in [0.25, 0.3) is 0 Å². The molecule has 2 aromatic rings. The van der Waals surface area contributed by atoms with Gasteiger partial charge in [0.1, 0.15) is 18.5 Å². The van der Waals surface area contributed by atoms with Crippen LogP contribution >= 0.6 is 0 Å². The van der Waals surface area contributed by atoms with Gasteiger partial charge in [0.2, 0.25) is 5.88 Å². The molecule has 0 saturated carbocycles. The molecule has 0 spiro atoms. The number of aliphatic hydroxyl groups is 1. The Kier molecular flexibility index (Phi) is 5.84. The van der Waals surface area contributed by atoms with Crippen LogP contribution in [0.5, 0.6) is 11.6 Å². The molecule has 0 fully saturated rings. The molecule has 5 heteroatoms. The lowest BCUT2D eigenvalue weighted by Gasteiger charge is -2.14. The maximum Gasteiger partial charge on any atom is 0.213 e. The highest BCUT2D eigenvalue weighted by atomic mass is 16.5. The number of hydrogen-bond acceptors (Lipinski definition) is 5. The average molecular weight is 288 g/mol. The molecule has 1 aromatic carbocycles. The van der Waals surface area contributed by atoms with E-state index in [9.17, 15) is 5.11 Å². The maximum atomic E-state index is 9.88. The van der Waals surface area contributed by atoms with Crippen molar-refractivity contribution < 1.29 is 14.6 Å². The molecule has 1 unspecified atom stereocenters. The van der Waals surface area contributed by atoms with E-state index in [1.54, 1.807) is 12.3 Å². The third-order valence-corrected chi connectivity index (χ3v) is 2.76. The van der Waals surface area contributed by atoms with Gasteiger partial charge < -0.3 is 19.9 Å². The molecule has 1 aromatic heterocycles. The van der Waals surface area contributed by atoms with Crippen LogP contribution in [0.4, 0.5) is 5.69 Å². The van der Waals surface area contributed by atoms with Crippen molar-refractivity contribution in [2.75, 3.05) is 25.1 Å². The van der Waals surface area contributed by atoms with Crippen LogP contribution in [-0.4, -0.2) is 36.0 Å². The van der Waals surface area contributed by atoms with E-state index in [2.05, 4.69) is 10.3 Å². The quantitative estimate of drug-likeness (QED) is 0.780. The molecule has 0 radical (unpaired) electrons. The normalized spacial score (nSPS) is 11.7. The smallest absolute Gasteiger partial charge is 0.213 e. The fourth-order valence-corrected chi connectivity index (χ4v) is 1.72.